The van der Waals surface area contributed by atoms with Gasteiger partial charge in [0.1, 0.15) is 18.1 Å². The Morgan fingerprint density at radius 1 is 1.44 bits per heavy atom. The van der Waals surface area contributed by atoms with Crippen molar-refractivity contribution in [2.45, 2.75) is 52.4 Å². The number of nitrogens with zero attached hydrogens (tertiary/aromatic N) is 1. The van der Waals surface area contributed by atoms with Gasteiger partial charge in [0.05, 0.1) is 23.4 Å². The lowest BCUT2D eigenvalue weighted by molar-refractivity contribution is 0.0712. The van der Waals surface area contributed by atoms with Gasteiger partial charge in [-0.15, -0.1) is 0 Å². The van der Waals surface area contributed by atoms with Crippen molar-refractivity contribution in [1.82, 2.24) is 10.5 Å². The number of benzene rings is 1. The Bertz CT molecular complexity index is 715. The summed E-state index contributed by atoms with van der Waals surface area (Å²) < 4.78 is 16.6. The highest BCUT2D eigenvalue weighted by Gasteiger charge is 2.24. The molecule has 1 aliphatic heterocycles. The zero-order chi connectivity index (χ0) is 17.8. The van der Waals surface area contributed by atoms with E-state index in [1.165, 1.54) is 0 Å². The van der Waals surface area contributed by atoms with Gasteiger partial charge in [-0.2, -0.15) is 0 Å². The Morgan fingerprint density at radius 2 is 2.28 bits per heavy atom. The van der Waals surface area contributed by atoms with Crippen LogP contribution in [0, 0.1) is 13.8 Å². The van der Waals surface area contributed by atoms with Gasteiger partial charge in [-0.05, 0) is 51.8 Å². The molecule has 0 radical (unpaired) electrons. The molecule has 0 spiro atoms. The second-order valence-electron chi connectivity index (χ2n) is 6.43. The van der Waals surface area contributed by atoms with Crippen molar-refractivity contribution in [3.8, 4) is 5.75 Å². The Labute approximate surface area is 147 Å². The van der Waals surface area contributed by atoms with Crippen LogP contribution in [0.3, 0.4) is 0 Å². The Morgan fingerprint density at radius 3 is 2.96 bits per heavy atom. The standard InChI is InChI=1S/C19H24N2O4/c1-12-17(14(3)25-21-12)11-24-16-7-4-6-15(10-16)19(22)20-13(2)18-8-5-9-23-18/h4,6-7,10,13,18H,5,8-9,11H2,1-3H3,(H,20,22)/t13-,18+/m1/s1. The third-order valence-corrected chi connectivity index (χ3v) is 4.54. The number of rotatable bonds is 6. The molecular formula is C19H24N2O4. The molecule has 1 amide bonds. The zero-order valence-electron chi connectivity index (χ0n) is 14.9. The third kappa shape index (κ3) is 4.20. The predicted octanol–water partition coefficient (Wildman–Crippen LogP) is 3.17. The minimum atomic E-state index is -0.120. The number of ether oxygens (including phenoxy) is 2. The number of nitrogens with one attached hydrogen (secondary N) is 1. The fourth-order valence-electron chi connectivity index (χ4n) is 2.97. The summed E-state index contributed by atoms with van der Waals surface area (Å²) in [5.74, 6) is 1.26. The maximum absolute atomic E-state index is 12.5. The van der Waals surface area contributed by atoms with E-state index in [1.54, 1.807) is 12.1 Å². The first kappa shape index (κ1) is 17.5. The summed E-state index contributed by atoms with van der Waals surface area (Å²) in [6.07, 6.45) is 2.14. The van der Waals surface area contributed by atoms with Gasteiger partial charge in [-0.3, -0.25) is 4.79 Å². The van der Waals surface area contributed by atoms with Gasteiger partial charge in [0.2, 0.25) is 0 Å². The molecule has 2 aromatic rings. The fourth-order valence-corrected chi connectivity index (χ4v) is 2.97. The average molecular weight is 344 g/mol. The van der Waals surface area contributed by atoms with Gasteiger partial charge in [0, 0.05) is 12.2 Å². The van der Waals surface area contributed by atoms with Crippen LogP contribution in [-0.4, -0.2) is 29.8 Å². The number of hydrogen-bond acceptors (Lipinski definition) is 5. The number of hydrogen-bond donors (Lipinski definition) is 1. The molecule has 134 valence electrons. The SMILES string of the molecule is Cc1noc(C)c1COc1cccc(C(=O)N[C@H](C)[C@@H]2CCCO2)c1. The summed E-state index contributed by atoms with van der Waals surface area (Å²) in [5, 5.41) is 6.92. The van der Waals surface area contributed by atoms with E-state index in [4.69, 9.17) is 14.0 Å². The summed E-state index contributed by atoms with van der Waals surface area (Å²) in [6.45, 7) is 6.85. The molecule has 0 bridgehead atoms. The van der Waals surface area contributed by atoms with Crippen LogP contribution in [0.15, 0.2) is 28.8 Å². The van der Waals surface area contributed by atoms with E-state index in [0.29, 0.717) is 17.9 Å². The summed E-state index contributed by atoms with van der Waals surface area (Å²) in [4.78, 5) is 12.5. The molecule has 0 saturated carbocycles. The predicted molar refractivity (Wildman–Crippen MR) is 92.7 cm³/mol. The van der Waals surface area contributed by atoms with Crippen molar-refractivity contribution >= 4 is 5.91 Å². The van der Waals surface area contributed by atoms with Gasteiger partial charge >= 0.3 is 0 Å². The van der Waals surface area contributed by atoms with Crippen molar-refractivity contribution in [2.24, 2.45) is 0 Å². The van der Waals surface area contributed by atoms with Gasteiger partial charge in [-0.25, -0.2) is 0 Å². The second-order valence-corrected chi connectivity index (χ2v) is 6.43. The molecule has 6 nitrogen and oxygen atoms in total. The van der Waals surface area contributed by atoms with Crippen LogP contribution in [0.4, 0.5) is 0 Å². The number of carbonyl (C=O) groups is 1. The summed E-state index contributed by atoms with van der Waals surface area (Å²) >= 11 is 0. The first-order chi connectivity index (χ1) is 12.0. The van der Waals surface area contributed by atoms with E-state index in [0.717, 1.165) is 36.5 Å². The minimum Gasteiger partial charge on any atom is -0.489 e. The van der Waals surface area contributed by atoms with Crippen molar-refractivity contribution in [3.63, 3.8) is 0 Å². The Balaban J connectivity index is 1.61. The van der Waals surface area contributed by atoms with E-state index in [2.05, 4.69) is 10.5 Å². The van der Waals surface area contributed by atoms with Crippen molar-refractivity contribution in [3.05, 3.63) is 46.8 Å². The molecule has 1 saturated heterocycles. The Hall–Kier alpha value is -2.34. The monoisotopic (exact) mass is 344 g/mol. The highest BCUT2D eigenvalue weighted by atomic mass is 16.5. The van der Waals surface area contributed by atoms with E-state index in [9.17, 15) is 4.79 Å². The van der Waals surface area contributed by atoms with Crippen LogP contribution in [0.1, 0.15) is 47.1 Å². The number of aromatic nitrogens is 1. The lowest BCUT2D eigenvalue weighted by Crippen LogP contribution is -2.40. The van der Waals surface area contributed by atoms with Gasteiger partial charge in [-0.1, -0.05) is 11.2 Å². The van der Waals surface area contributed by atoms with E-state index < -0.39 is 0 Å². The minimum absolute atomic E-state index is 0.0121. The van der Waals surface area contributed by atoms with Crippen LogP contribution in [0.5, 0.6) is 5.75 Å². The lowest BCUT2D eigenvalue weighted by Gasteiger charge is -2.20. The smallest absolute Gasteiger partial charge is 0.251 e. The molecule has 2 heterocycles. The largest absolute Gasteiger partial charge is 0.489 e. The van der Waals surface area contributed by atoms with E-state index in [-0.39, 0.29) is 18.1 Å². The van der Waals surface area contributed by atoms with E-state index >= 15 is 0 Å². The number of aryl methyl sites for hydroxylation is 2. The second kappa shape index (κ2) is 7.70. The normalized spacial score (nSPS) is 18.1. The highest BCUT2D eigenvalue weighted by Crippen LogP contribution is 2.19. The first-order valence-corrected chi connectivity index (χ1v) is 8.61. The highest BCUT2D eigenvalue weighted by molar-refractivity contribution is 5.94. The van der Waals surface area contributed by atoms with Crippen molar-refractivity contribution < 1.29 is 18.8 Å². The molecule has 1 N–H and O–H groups in total. The van der Waals surface area contributed by atoms with Crippen LogP contribution in [-0.2, 0) is 11.3 Å². The molecule has 25 heavy (non-hydrogen) atoms. The molecular weight excluding hydrogens is 320 g/mol. The van der Waals surface area contributed by atoms with Crippen LogP contribution in [0.25, 0.3) is 0 Å². The average Bonchev–Trinajstić information content (AvgIpc) is 3.24. The van der Waals surface area contributed by atoms with Crippen molar-refractivity contribution in [2.75, 3.05) is 6.61 Å². The Kier molecular flexibility index (Phi) is 5.38. The van der Waals surface area contributed by atoms with Crippen LogP contribution < -0.4 is 10.1 Å². The lowest BCUT2D eigenvalue weighted by atomic mass is 10.1. The molecule has 1 fully saturated rings. The topological polar surface area (TPSA) is 73.6 Å². The van der Waals surface area contributed by atoms with Gasteiger partial charge < -0.3 is 19.3 Å². The van der Waals surface area contributed by atoms with Crippen molar-refractivity contribution in [1.29, 1.82) is 0 Å². The third-order valence-electron chi connectivity index (χ3n) is 4.54. The van der Waals surface area contributed by atoms with Crippen LogP contribution in [0.2, 0.25) is 0 Å². The molecule has 3 rings (SSSR count). The maximum Gasteiger partial charge on any atom is 0.251 e. The summed E-state index contributed by atoms with van der Waals surface area (Å²) in [5.41, 5.74) is 2.32. The molecule has 1 aromatic carbocycles. The summed E-state index contributed by atoms with van der Waals surface area (Å²) in [6, 6.07) is 7.16. The molecule has 0 aliphatic carbocycles. The molecule has 2 atom stereocenters. The van der Waals surface area contributed by atoms with E-state index in [1.807, 2.05) is 32.9 Å². The maximum atomic E-state index is 12.5. The van der Waals surface area contributed by atoms with Gasteiger partial charge in [0.25, 0.3) is 5.91 Å². The number of amides is 1. The van der Waals surface area contributed by atoms with Gasteiger partial charge in [0.15, 0.2) is 0 Å². The molecule has 6 heteroatoms. The summed E-state index contributed by atoms with van der Waals surface area (Å²) in [7, 11) is 0. The number of carbonyl (C=O) groups excluding carboxylic acids is 1. The molecule has 1 aliphatic rings. The van der Waals surface area contributed by atoms with Crippen LogP contribution >= 0.6 is 0 Å². The molecule has 1 aromatic heterocycles. The zero-order valence-corrected chi connectivity index (χ0v) is 14.9. The molecule has 0 unspecified atom stereocenters. The fraction of sp³-hybridized carbons (Fsp3) is 0.474. The first-order valence-electron chi connectivity index (χ1n) is 8.61. The quantitative estimate of drug-likeness (QED) is 0.871.